The average Bonchev–Trinajstić information content (AvgIpc) is 2.77. The zero-order chi connectivity index (χ0) is 13.4. The normalized spacial score (nSPS) is 19.7. The van der Waals surface area contributed by atoms with Crippen molar-refractivity contribution in [3.05, 3.63) is 32.9 Å². The molecule has 100 valence electrons. The molecule has 0 spiro atoms. The molecule has 0 saturated carbocycles. The minimum absolute atomic E-state index is 0.0615. The quantitative estimate of drug-likeness (QED) is 0.626. The van der Waals surface area contributed by atoms with Crippen molar-refractivity contribution in [1.29, 1.82) is 0 Å². The summed E-state index contributed by atoms with van der Waals surface area (Å²) < 4.78 is 7.99. The second-order valence-electron chi connectivity index (χ2n) is 4.48. The summed E-state index contributed by atoms with van der Waals surface area (Å²) in [7, 11) is 0. The first-order chi connectivity index (χ1) is 9.18. The van der Waals surface area contributed by atoms with Gasteiger partial charge in [-0.05, 0) is 41.3 Å². The first kappa shape index (κ1) is 12.6. The maximum Gasteiger partial charge on any atom is 0.281 e. The zero-order valence-corrected chi connectivity index (χ0v) is 11.7. The van der Waals surface area contributed by atoms with E-state index in [0.29, 0.717) is 22.1 Å². The van der Waals surface area contributed by atoms with Crippen LogP contribution in [0.2, 0.25) is 0 Å². The SMILES string of the molecule is O=[N+]([O-])c1cccc2nn(C3CCCCO3)c(Br)c12. The van der Waals surface area contributed by atoms with Crippen molar-refractivity contribution >= 4 is 32.5 Å². The Bertz CT molecular complexity index is 634. The minimum Gasteiger partial charge on any atom is -0.356 e. The predicted molar refractivity (Wildman–Crippen MR) is 72.9 cm³/mol. The number of hydrogen-bond acceptors (Lipinski definition) is 4. The number of hydrogen-bond donors (Lipinski definition) is 0. The van der Waals surface area contributed by atoms with E-state index in [1.807, 2.05) is 0 Å². The van der Waals surface area contributed by atoms with Gasteiger partial charge in [-0.3, -0.25) is 10.1 Å². The Balaban J connectivity index is 2.14. The second kappa shape index (κ2) is 4.90. The molecule has 0 N–H and O–H groups in total. The molecule has 1 fully saturated rings. The minimum atomic E-state index is -0.388. The largest absolute Gasteiger partial charge is 0.356 e. The van der Waals surface area contributed by atoms with Gasteiger partial charge in [0.1, 0.15) is 15.5 Å². The average molecular weight is 326 g/mol. The van der Waals surface area contributed by atoms with E-state index in [1.165, 1.54) is 6.07 Å². The van der Waals surface area contributed by atoms with E-state index in [4.69, 9.17) is 4.74 Å². The summed E-state index contributed by atoms with van der Waals surface area (Å²) in [6.45, 7) is 0.704. The van der Waals surface area contributed by atoms with Crippen molar-refractivity contribution in [3.63, 3.8) is 0 Å². The van der Waals surface area contributed by atoms with Gasteiger partial charge in [-0.2, -0.15) is 5.10 Å². The van der Waals surface area contributed by atoms with Crippen molar-refractivity contribution in [1.82, 2.24) is 9.78 Å². The fourth-order valence-corrected chi connectivity index (χ4v) is 3.07. The molecule has 0 aliphatic carbocycles. The van der Waals surface area contributed by atoms with Gasteiger partial charge in [0, 0.05) is 12.7 Å². The lowest BCUT2D eigenvalue weighted by molar-refractivity contribution is -0.383. The maximum atomic E-state index is 11.1. The third-order valence-corrected chi connectivity index (χ3v) is 4.03. The monoisotopic (exact) mass is 325 g/mol. The lowest BCUT2D eigenvalue weighted by atomic mass is 10.2. The van der Waals surface area contributed by atoms with Crippen LogP contribution in [0.4, 0.5) is 5.69 Å². The van der Waals surface area contributed by atoms with E-state index in [9.17, 15) is 10.1 Å². The maximum absolute atomic E-state index is 11.1. The molecule has 1 aliphatic rings. The number of ether oxygens (including phenoxy) is 1. The Morgan fingerprint density at radius 1 is 1.47 bits per heavy atom. The summed E-state index contributed by atoms with van der Waals surface area (Å²) in [6, 6.07) is 4.90. The van der Waals surface area contributed by atoms with E-state index in [2.05, 4.69) is 21.0 Å². The molecule has 1 aromatic heterocycles. The third kappa shape index (κ3) is 2.12. The van der Waals surface area contributed by atoms with Crippen LogP contribution >= 0.6 is 15.9 Å². The summed E-state index contributed by atoms with van der Waals surface area (Å²) in [4.78, 5) is 10.7. The Morgan fingerprint density at radius 3 is 3.00 bits per heavy atom. The summed E-state index contributed by atoms with van der Waals surface area (Å²) in [6.07, 6.45) is 2.86. The third-order valence-electron chi connectivity index (χ3n) is 3.27. The molecule has 1 saturated heterocycles. The number of non-ortho nitro benzene ring substituents is 1. The zero-order valence-electron chi connectivity index (χ0n) is 10.1. The lowest BCUT2D eigenvalue weighted by Crippen LogP contribution is -2.19. The van der Waals surface area contributed by atoms with E-state index in [0.717, 1.165) is 19.3 Å². The number of halogens is 1. The van der Waals surface area contributed by atoms with E-state index in [1.54, 1.807) is 16.8 Å². The number of aromatic nitrogens is 2. The van der Waals surface area contributed by atoms with Crippen molar-refractivity contribution in [2.24, 2.45) is 0 Å². The Labute approximate surface area is 117 Å². The van der Waals surface area contributed by atoms with Crippen LogP contribution in [0.5, 0.6) is 0 Å². The van der Waals surface area contributed by atoms with Gasteiger partial charge >= 0.3 is 0 Å². The summed E-state index contributed by atoms with van der Waals surface area (Å²) in [5, 5.41) is 16.0. The van der Waals surface area contributed by atoms with Crippen LogP contribution in [0, 0.1) is 10.1 Å². The van der Waals surface area contributed by atoms with E-state index >= 15 is 0 Å². The van der Waals surface area contributed by atoms with Gasteiger partial charge in [-0.15, -0.1) is 0 Å². The lowest BCUT2D eigenvalue weighted by Gasteiger charge is -2.23. The van der Waals surface area contributed by atoms with Crippen LogP contribution in [0.1, 0.15) is 25.5 Å². The molecule has 3 rings (SSSR count). The van der Waals surface area contributed by atoms with Crippen molar-refractivity contribution in [3.8, 4) is 0 Å². The van der Waals surface area contributed by atoms with Crippen LogP contribution in [-0.2, 0) is 4.74 Å². The Hall–Kier alpha value is -1.47. The number of benzene rings is 1. The first-order valence-corrected chi connectivity index (χ1v) is 6.90. The molecule has 19 heavy (non-hydrogen) atoms. The topological polar surface area (TPSA) is 70.2 Å². The Morgan fingerprint density at radius 2 is 2.32 bits per heavy atom. The Kier molecular flexibility index (Phi) is 3.24. The number of nitrogens with zero attached hydrogens (tertiary/aromatic N) is 3. The van der Waals surface area contributed by atoms with Gasteiger partial charge < -0.3 is 4.74 Å². The fourth-order valence-electron chi connectivity index (χ4n) is 2.36. The van der Waals surface area contributed by atoms with E-state index in [-0.39, 0.29) is 16.8 Å². The number of fused-ring (bicyclic) bond motifs is 1. The highest BCUT2D eigenvalue weighted by Crippen LogP contribution is 2.35. The highest BCUT2D eigenvalue weighted by Gasteiger charge is 2.24. The van der Waals surface area contributed by atoms with Crippen LogP contribution in [0.25, 0.3) is 10.9 Å². The van der Waals surface area contributed by atoms with Gasteiger partial charge in [0.15, 0.2) is 6.23 Å². The molecule has 2 aromatic rings. The molecule has 1 unspecified atom stereocenters. The molecule has 2 heterocycles. The van der Waals surface area contributed by atoms with Crippen LogP contribution < -0.4 is 0 Å². The van der Waals surface area contributed by atoms with E-state index < -0.39 is 0 Å². The number of nitro groups is 1. The smallest absolute Gasteiger partial charge is 0.281 e. The van der Waals surface area contributed by atoms with Gasteiger partial charge in [0.2, 0.25) is 0 Å². The van der Waals surface area contributed by atoms with Crippen molar-refractivity contribution in [2.75, 3.05) is 6.61 Å². The molecule has 0 amide bonds. The molecule has 1 aliphatic heterocycles. The molecule has 1 atom stereocenters. The predicted octanol–water partition coefficient (Wildman–Crippen LogP) is 3.41. The van der Waals surface area contributed by atoms with Crippen molar-refractivity contribution in [2.45, 2.75) is 25.5 Å². The summed E-state index contributed by atoms with van der Waals surface area (Å²) in [5.74, 6) is 0. The molecule has 7 heteroatoms. The summed E-state index contributed by atoms with van der Waals surface area (Å²) in [5.41, 5.74) is 0.668. The van der Waals surface area contributed by atoms with Crippen LogP contribution in [0.15, 0.2) is 22.8 Å². The number of rotatable bonds is 2. The highest BCUT2D eigenvalue weighted by atomic mass is 79.9. The van der Waals surface area contributed by atoms with Crippen LogP contribution in [0.3, 0.4) is 0 Å². The molecule has 0 radical (unpaired) electrons. The van der Waals surface area contributed by atoms with Gasteiger partial charge in [-0.1, -0.05) is 6.07 Å². The first-order valence-electron chi connectivity index (χ1n) is 6.11. The van der Waals surface area contributed by atoms with Gasteiger partial charge in [0.05, 0.1) is 4.92 Å². The van der Waals surface area contributed by atoms with Crippen molar-refractivity contribution < 1.29 is 9.66 Å². The standard InChI is InChI=1S/C12H12BrN3O3/c13-12-11-8(4-3-5-9(11)16(17)18)14-15(12)10-6-1-2-7-19-10/h3-5,10H,1-2,6-7H2. The van der Waals surface area contributed by atoms with Gasteiger partial charge in [0.25, 0.3) is 5.69 Å². The number of nitro benzene ring substituents is 1. The fraction of sp³-hybridized carbons (Fsp3) is 0.417. The molecule has 6 nitrogen and oxygen atoms in total. The summed E-state index contributed by atoms with van der Waals surface area (Å²) >= 11 is 3.42. The molecular weight excluding hydrogens is 314 g/mol. The highest BCUT2D eigenvalue weighted by molar-refractivity contribution is 9.10. The molecular formula is C12H12BrN3O3. The second-order valence-corrected chi connectivity index (χ2v) is 5.24. The molecule has 1 aromatic carbocycles. The van der Waals surface area contributed by atoms with Gasteiger partial charge in [-0.25, -0.2) is 4.68 Å². The van der Waals surface area contributed by atoms with Crippen LogP contribution in [-0.4, -0.2) is 21.3 Å². The molecule has 0 bridgehead atoms.